The molecule has 2 aliphatic rings. The Morgan fingerprint density at radius 1 is 1.25 bits per heavy atom. The molecule has 0 aromatic heterocycles. The van der Waals surface area contributed by atoms with Crippen molar-refractivity contribution in [3.8, 4) is 0 Å². The third-order valence-electron chi connectivity index (χ3n) is 2.69. The summed E-state index contributed by atoms with van der Waals surface area (Å²) in [5.41, 5.74) is 5.90. The van der Waals surface area contributed by atoms with Crippen LogP contribution in [0.2, 0.25) is 0 Å². The van der Waals surface area contributed by atoms with Crippen molar-refractivity contribution in [3.05, 3.63) is 23.3 Å². The molecule has 0 fully saturated rings. The molecule has 1 nitrogen and oxygen atoms in total. The zero-order valence-electron chi connectivity index (χ0n) is 8.02. The molecule has 1 aromatic carbocycles. The largest absolute Gasteiger partial charge is 0.341 e. The number of hydrogen-bond acceptors (Lipinski definition) is 1. The van der Waals surface area contributed by atoms with Gasteiger partial charge in [-0.2, -0.15) is 0 Å². The lowest BCUT2D eigenvalue weighted by Gasteiger charge is -2.39. The van der Waals surface area contributed by atoms with Gasteiger partial charge < -0.3 is 4.90 Å². The lowest BCUT2D eigenvalue weighted by Crippen LogP contribution is -2.28. The van der Waals surface area contributed by atoms with Crippen molar-refractivity contribution in [2.24, 2.45) is 0 Å². The Kier molecular flexibility index (Phi) is 1.60. The topological polar surface area (TPSA) is 3.24 Å². The minimum atomic E-state index is 1.11. The fourth-order valence-corrected chi connectivity index (χ4v) is 2.12. The standard InChI is InChI=1S/C11H15N/c1-4-9-10-7-6-8(3)11(9)12(10)5-2/h6-7H,4-5H2,1-3H3. The maximum atomic E-state index is 2.40. The van der Waals surface area contributed by atoms with E-state index in [1.54, 1.807) is 5.56 Å². The molecule has 1 aromatic rings. The molecule has 2 aliphatic heterocycles. The highest BCUT2D eigenvalue weighted by Gasteiger charge is 2.26. The predicted octanol–water partition coefficient (Wildman–Crippen LogP) is 3.03. The van der Waals surface area contributed by atoms with Gasteiger partial charge in [0.1, 0.15) is 0 Å². The van der Waals surface area contributed by atoms with E-state index in [0.29, 0.717) is 0 Å². The predicted molar refractivity (Wildman–Crippen MR) is 53.2 cm³/mol. The lowest BCUT2D eigenvalue weighted by atomic mass is 9.94. The molecule has 0 saturated heterocycles. The monoisotopic (exact) mass is 161 g/mol. The number of anilines is 2. The van der Waals surface area contributed by atoms with Gasteiger partial charge in [0.2, 0.25) is 0 Å². The average Bonchev–Trinajstić information content (AvgIpc) is 2.05. The fourth-order valence-electron chi connectivity index (χ4n) is 2.12. The second-order valence-corrected chi connectivity index (χ2v) is 3.33. The summed E-state index contributed by atoms with van der Waals surface area (Å²) >= 11 is 0. The van der Waals surface area contributed by atoms with Gasteiger partial charge >= 0.3 is 0 Å². The summed E-state index contributed by atoms with van der Waals surface area (Å²) in [5, 5.41) is 0. The summed E-state index contributed by atoms with van der Waals surface area (Å²) in [4.78, 5) is 2.40. The summed E-state index contributed by atoms with van der Waals surface area (Å²) in [6.07, 6.45) is 1.17. The summed E-state index contributed by atoms with van der Waals surface area (Å²) in [5.74, 6) is 0. The molecule has 64 valence electrons. The van der Waals surface area contributed by atoms with Crippen LogP contribution in [0.25, 0.3) is 0 Å². The molecule has 0 aliphatic carbocycles. The molecule has 3 rings (SSSR count). The molecule has 0 unspecified atom stereocenters. The molecule has 12 heavy (non-hydrogen) atoms. The van der Waals surface area contributed by atoms with Crippen molar-refractivity contribution in [3.63, 3.8) is 0 Å². The van der Waals surface area contributed by atoms with E-state index < -0.39 is 0 Å². The molecular formula is C11H15N. The first kappa shape index (κ1) is 7.66. The highest BCUT2D eigenvalue weighted by molar-refractivity contribution is 5.86. The van der Waals surface area contributed by atoms with Crippen molar-refractivity contribution < 1.29 is 0 Å². The minimum Gasteiger partial charge on any atom is -0.341 e. The Balaban J connectivity index is 2.50. The second kappa shape index (κ2) is 2.51. The normalized spacial score (nSPS) is 13.1. The van der Waals surface area contributed by atoms with Gasteiger partial charge in [0, 0.05) is 17.9 Å². The van der Waals surface area contributed by atoms with Gasteiger partial charge in [-0.3, -0.25) is 0 Å². The average molecular weight is 161 g/mol. The van der Waals surface area contributed by atoms with E-state index in [1.165, 1.54) is 23.4 Å². The molecule has 0 radical (unpaired) electrons. The summed E-state index contributed by atoms with van der Waals surface area (Å²) in [6.45, 7) is 7.74. The van der Waals surface area contributed by atoms with E-state index in [9.17, 15) is 0 Å². The van der Waals surface area contributed by atoms with Crippen LogP contribution < -0.4 is 4.90 Å². The van der Waals surface area contributed by atoms with Crippen molar-refractivity contribution in [2.45, 2.75) is 27.2 Å². The molecule has 0 N–H and O–H groups in total. The number of aryl methyl sites for hydroxylation is 2. The quantitative estimate of drug-likeness (QED) is 0.644. The van der Waals surface area contributed by atoms with Crippen molar-refractivity contribution in [1.29, 1.82) is 0 Å². The molecule has 0 amide bonds. The van der Waals surface area contributed by atoms with Gasteiger partial charge in [-0.25, -0.2) is 0 Å². The summed E-state index contributed by atoms with van der Waals surface area (Å²) < 4.78 is 0. The zero-order chi connectivity index (χ0) is 8.72. The number of fused-ring (bicyclic) bond motifs is 2. The molecule has 2 bridgehead atoms. The smallest absolute Gasteiger partial charge is 0.0493 e. The van der Waals surface area contributed by atoms with Crippen LogP contribution in [0.15, 0.2) is 12.1 Å². The molecule has 2 heterocycles. The van der Waals surface area contributed by atoms with Crippen LogP contribution in [-0.2, 0) is 6.42 Å². The Morgan fingerprint density at radius 2 is 2.00 bits per heavy atom. The van der Waals surface area contributed by atoms with E-state index in [2.05, 4.69) is 37.8 Å². The number of rotatable bonds is 2. The van der Waals surface area contributed by atoms with Gasteiger partial charge in [-0.1, -0.05) is 13.0 Å². The molecule has 0 atom stereocenters. The van der Waals surface area contributed by atoms with E-state index in [4.69, 9.17) is 0 Å². The highest BCUT2D eigenvalue weighted by Crippen LogP contribution is 2.46. The van der Waals surface area contributed by atoms with E-state index in [1.807, 2.05) is 0 Å². The van der Waals surface area contributed by atoms with Crippen LogP contribution in [0, 0.1) is 6.92 Å². The van der Waals surface area contributed by atoms with E-state index in [0.717, 1.165) is 6.54 Å². The zero-order valence-corrected chi connectivity index (χ0v) is 8.02. The van der Waals surface area contributed by atoms with Crippen LogP contribution in [0.5, 0.6) is 0 Å². The van der Waals surface area contributed by atoms with Crippen LogP contribution in [0.1, 0.15) is 25.0 Å². The Bertz CT molecular complexity index is 315. The molecule has 0 spiro atoms. The van der Waals surface area contributed by atoms with Crippen LogP contribution in [0.4, 0.5) is 11.4 Å². The van der Waals surface area contributed by atoms with Crippen molar-refractivity contribution in [1.82, 2.24) is 0 Å². The Morgan fingerprint density at radius 3 is 2.50 bits per heavy atom. The highest BCUT2D eigenvalue weighted by atomic mass is 15.2. The third kappa shape index (κ3) is 0.739. The third-order valence-corrected chi connectivity index (χ3v) is 2.69. The molecule has 1 heteroatoms. The van der Waals surface area contributed by atoms with Crippen molar-refractivity contribution in [2.75, 3.05) is 11.4 Å². The number of benzene rings is 1. The first-order valence-electron chi connectivity index (χ1n) is 4.69. The molecular weight excluding hydrogens is 146 g/mol. The fraction of sp³-hybridized carbons (Fsp3) is 0.455. The maximum absolute atomic E-state index is 2.40. The van der Waals surface area contributed by atoms with Gasteiger partial charge in [0.15, 0.2) is 0 Å². The second-order valence-electron chi connectivity index (χ2n) is 3.33. The van der Waals surface area contributed by atoms with Crippen LogP contribution >= 0.6 is 0 Å². The van der Waals surface area contributed by atoms with E-state index >= 15 is 0 Å². The van der Waals surface area contributed by atoms with Crippen LogP contribution in [-0.4, -0.2) is 6.54 Å². The lowest BCUT2D eigenvalue weighted by molar-refractivity contribution is 0.918. The van der Waals surface area contributed by atoms with Gasteiger partial charge in [-0.15, -0.1) is 0 Å². The number of nitrogens with zero attached hydrogens (tertiary/aromatic N) is 1. The van der Waals surface area contributed by atoms with Gasteiger partial charge in [-0.05, 0) is 37.5 Å². The van der Waals surface area contributed by atoms with Gasteiger partial charge in [0.05, 0.1) is 0 Å². The van der Waals surface area contributed by atoms with Gasteiger partial charge in [0.25, 0.3) is 0 Å². The minimum absolute atomic E-state index is 1.11. The maximum Gasteiger partial charge on any atom is 0.0493 e. The molecule has 0 saturated carbocycles. The van der Waals surface area contributed by atoms with E-state index in [-0.39, 0.29) is 0 Å². The van der Waals surface area contributed by atoms with Crippen LogP contribution in [0.3, 0.4) is 0 Å². The summed E-state index contributed by atoms with van der Waals surface area (Å²) in [6, 6.07) is 4.46. The Labute approximate surface area is 74.0 Å². The van der Waals surface area contributed by atoms with Crippen molar-refractivity contribution >= 4 is 11.4 Å². The SMILES string of the molecule is CCc1c2ccc(C)c1N2CC. The number of hydrogen-bond donors (Lipinski definition) is 0. The Hall–Kier alpha value is -0.980. The summed E-state index contributed by atoms with van der Waals surface area (Å²) in [7, 11) is 0. The first-order chi connectivity index (χ1) is 5.79. The first-order valence-corrected chi connectivity index (χ1v) is 4.69.